The third-order valence-corrected chi connectivity index (χ3v) is 0.655. The molecule has 0 saturated carbocycles. The van der Waals surface area contributed by atoms with E-state index in [0.29, 0.717) is 5.84 Å². The second kappa shape index (κ2) is 3.83. The maximum atomic E-state index is 5.28. The van der Waals surface area contributed by atoms with Crippen LogP contribution in [0.4, 0.5) is 0 Å². The first-order valence-electron chi connectivity index (χ1n) is 2.68. The number of nitrogens with one attached hydrogen (secondary N) is 1. The number of hydrogen-bond donors (Lipinski definition) is 2. The van der Waals surface area contributed by atoms with E-state index in [4.69, 9.17) is 5.73 Å². The summed E-state index contributed by atoms with van der Waals surface area (Å²) >= 11 is 0. The van der Waals surface area contributed by atoms with Crippen molar-refractivity contribution in [3.8, 4) is 0 Å². The minimum Gasteiger partial charge on any atom is -0.367 e. The number of amidine groups is 2. The number of rotatable bonds is 1. The van der Waals surface area contributed by atoms with Gasteiger partial charge >= 0.3 is 0 Å². The van der Waals surface area contributed by atoms with Crippen molar-refractivity contribution < 1.29 is 4.99 Å². The average molecular weight is 126 g/mol. The van der Waals surface area contributed by atoms with Crippen molar-refractivity contribution in [2.45, 2.75) is 13.8 Å². The molecule has 0 aliphatic heterocycles. The SMILES string of the molecule is C=C[NH+]=C(C)N=C(C)N. The molecule has 0 unspecified atom stereocenters. The third-order valence-electron chi connectivity index (χ3n) is 0.655. The fourth-order valence-corrected chi connectivity index (χ4v) is 0.445. The van der Waals surface area contributed by atoms with Crippen molar-refractivity contribution in [3.63, 3.8) is 0 Å². The highest BCUT2D eigenvalue weighted by atomic mass is 14.9. The van der Waals surface area contributed by atoms with Gasteiger partial charge in [0.1, 0.15) is 0 Å². The van der Waals surface area contributed by atoms with Crippen molar-refractivity contribution in [3.05, 3.63) is 12.8 Å². The Morgan fingerprint density at radius 3 is 2.56 bits per heavy atom. The van der Waals surface area contributed by atoms with Crippen LogP contribution in [0.5, 0.6) is 0 Å². The Kier molecular flexibility index (Phi) is 3.35. The summed E-state index contributed by atoms with van der Waals surface area (Å²) < 4.78 is 0. The maximum absolute atomic E-state index is 5.28. The van der Waals surface area contributed by atoms with E-state index in [0.717, 1.165) is 5.84 Å². The molecule has 0 aliphatic carbocycles. The summed E-state index contributed by atoms with van der Waals surface area (Å²) in [4.78, 5) is 6.69. The lowest BCUT2D eigenvalue weighted by atomic mass is 10.6. The van der Waals surface area contributed by atoms with Gasteiger partial charge in [0, 0.05) is 13.8 Å². The van der Waals surface area contributed by atoms with Crippen molar-refractivity contribution in [1.29, 1.82) is 0 Å². The molecule has 0 radical (unpaired) electrons. The second-order valence-electron chi connectivity index (χ2n) is 1.69. The molecule has 0 aromatic rings. The molecule has 0 fully saturated rings. The van der Waals surface area contributed by atoms with Crippen molar-refractivity contribution in [2.75, 3.05) is 0 Å². The Hall–Kier alpha value is -1.12. The average Bonchev–Trinajstić information content (AvgIpc) is 1.63. The summed E-state index contributed by atoms with van der Waals surface area (Å²) in [6, 6.07) is 0. The van der Waals surface area contributed by atoms with Gasteiger partial charge in [0.2, 0.25) is 5.84 Å². The van der Waals surface area contributed by atoms with Crippen LogP contribution < -0.4 is 10.7 Å². The van der Waals surface area contributed by atoms with E-state index < -0.39 is 0 Å². The normalized spacial score (nSPS) is 13.6. The van der Waals surface area contributed by atoms with Gasteiger partial charge in [-0.3, -0.25) is 0 Å². The fourth-order valence-electron chi connectivity index (χ4n) is 0.445. The lowest BCUT2D eigenvalue weighted by Gasteiger charge is -1.77. The summed E-state index contributed by atoms with van der Waals surface area (Å²) in [5, 5.41) is 0. The van der Waals surface area contributed by atoms with Crippen LogP contribution in [0, 0.1) is 0 Å². The highest BCUT2D eigenvalue weighted by molar-refractivity contribution is 5.91. The molecule has 50 valence electrons. The maximum Gasteiger partial charge on any atom is 0.295 e. The van der Waals surface area contributed by atoms with Gasteiger partial charge in [-0.05, 0) is 4.99 Å². The van der Waals surface area contributed by atoms with Gasteiger partial charge in [-0.25, -0.2) is 4.99 Å². The summed E-state index contributed by atoms with van der Waals surface area (Å²) in [6.07, 6.45) is 1.56. The summed E-state index contributed by atoms with van der Waals surface area (Å²) in [5.74, 6) is 1.30. The van der Waals surface area contributed by atoms with Gasteiger partial charge in [0.15, 0.2) is 0 Å². The van der Waals surface area contributed by atoms with Crippen LogP contribution in [0.2, 0.25) is 0 Å². The van der Waals surface area contributed by atoms with Crippen LogP contribution in [0.3, 0.4) is 0 Å². The first kappa shape index (κ1) is 7.88. The number of nitrogens with two attached hydrogens (primary N) is 1. The van der Waals surface area contributed by atoms with Gasteiger partial charge in [-0.15, -0.1) is 0 Å². The predicted molar refractivity (Wildman–Crippen MR) is 39.1 cm³/mol. The van der Waals surface area contributed by atoms with E-state index >= 15 is 0 Å². The summed E-state index contributed by atoms with van der Waals surface area (Å²) in [5.41, 5.74) is 5.28. The quantitative estimate of drug-likeness (QED) is 0.344. The molecule has 0 heterocycles. The molecule has 3 heteroatoms. The first-order chi connectivity index (χ1) is 4.16. The number of aliphatic imine (C=N–C) groups is 1. The molecule has 0 saturated heterocycles. The first-order valence-corrected chi connectivity index (χ1v) is 2.68. The Balaban J connectivity index is 4.05. The lowest BCUT2D eigenvalue weighted by Crippen LogP contribution is -2.64. The highest BCUT2D eigenvalue weighted by Crippen LogP contribution is 1.66. The Labute approximate surface area is 55.0 Å². The van der Waals surface area contributed by atoms with Crippen molar-refractivity contribution in [1.82, 2.24) is 0 Å². The Bertz CT molecular complexity index is 152. The zero-order chi connectivity index (χ0) is 7.28. The highest BCUT2D eigenvalue weighted by Gasteiger charge is 1.93. The molecule has 3 N–H and O–H groups in total. The van der Waals surface area contributed by atoms with Gasteiger partial charge in [0.25, 0.3) is 5.84 Å². The van der Waals surface area contributed by atoms with E-state index in [1.165, 1.54) is 0 Å². The lowest BCUT2D eigenvalue weighted by molar-refractivity contribution is -0.373. The summed E-state index contributed by atoms with van der Waals surface area (Å²) in [7, 11) is 0. The molecule has 0 spiro atoms. The summed E-state index contributed by atoms with van der Waals surface area (Å²) in [6.45, 7) is 7.01. The third kappa shape index (κ3) is 4.74. The van der Waals surface area contributed by atoms with Crippen LogP contribution in [0.15, 0.2) is 17.8 Å². The van der Waals surface area contributed by atoms with E-state index in [1.54, 1.807) is 13.1 Å². The van der Waals surface area contributed by atoms with E-state index in [9.17, 15) is 0 Å². The number of nitrogens with zero attached hydrogens (tertiary/aromatic N) is 1. The van der Waals surface area contributed by atoms with Crippen LogP contribution in [0.25, 0.3) is 0 Å². The molecule has 0 aromatic carbocycles. The molecule has 0 bridgehead atoms. The minimum atomic E-state index is 0.543. The minimum absolute atomic E-state index is 0.543. The van der Waals surface area contributed by atoms with Crippen LogP contribution >= 0.6 is 0 Å². The standard InChI is InChI=1S/C6H11N3/c1-4-8-6(3)9-5(2)7/h4H,1H2,2-3H3,(H2,7,8,9)/p+1. The van der Waals surface area contributed by atoms with Gasteiger partial charge in [-0.2, -0.15) is 0 Å². The monoisotopic (exact) mass is 126 g/mol. The zero-order valence-corrected chi connectivity index (χ0v) is 5.81. The van der Waals surface area contributed by atoms with E-state index in [1.807, 2.05) is 6.92 Å². The van der Waals surface area contributed by atoms with Gasteiger partial charge in [-0.1, -0.05) is 6.58 Å². The molecule has 9 heavy (non-hydrogen) atoms. The molecular formula is C6H12N3+. The molecule has 0 rings (SSSR count). The zero-order valence-electron chi connectivity index (χ0n) is 5.81. The predicted octanol–water partition coefficient (Wildman–Crippen LogP) is -0.994. The molecule has 3 nitrogen and oxygen atoms in total. The Morgan fingerprint density at radius 2 is 2.22 bits per heavy atom. The van der Waals surface area contributed by atoms with E-state index in [2.05, 4.69) is 16.6 Å². The van der Waals surface area contributed by atoms with Crippen LogP contribution in [-0.4, -0.2) is 11.7 Å². The van der Waals surface area contributed by atoms with E-state index in [-0.39, 0.29) is 0 Å². The fraction of sp³-hybridized carbons (Fsp3) is 0.333. The van der Waals surface area contributed by atoms with Crippen LogP contribution in [-0.2, 0) is 0 Å². The molecular weight excluding hydrogens is 114 g/mol. The Morgan fingerprint density at radius 1 is 1.67 bits per heavy atom. The molecule has 0 aromatic heterocycles. The van der Waals surface area contributed by atoms with Gasteiger partial charge in [0.05, 0.1) is 6.20 Å². The second-order valence-corrected chi connectivity index (χ2v) is 1.69. The van der Waals surface area contributed by atoms with Crippen LogP contribution in [0.1, 0.15) is 13.8 Å². The van der Waals surface area contributed by atoms with Gasteiger partial charge < -0.3 is 5.73 Å². The molecule has 0 aliphatic rings. The van der Waals surface area contributed by atoms with Crippen molar-refractivity contribution >= 4 is 11.7 Å². The molecule has 0 amide bonds. The molecule has 0 atom stereocenters. The number of hydrogen-bond acceptors (Lipinski definition) is 0. The topological polar surface area (TPSA) is 52.3 Å². The largest absolute Gasteiger partial charge is 0.367 e. The van der Waals surface area contributed by atoms with Crippen molar-refractivity contribution in [2.24, 2.45) is 10.7 Å². The smallest absolute Gasteiger partial charge is 0.295 e.